The van der Waals surface area contributed by atoms with Gasteiger partial charge < -0.3 is 20.3 Å². The van der Waals surface area contributed by atoms with E-state index >= 15 is 0 Å². The lowest BCUT2D eigenvalue weighted by atomic mass is 10.1. The van der Waals surface area contributed by atoms with Crippen LogP contribution in [-0.2, 0) is 13.6 Å². The number of hydrogen-bond acceptors (Lipinski definition) is 6. The van der Waals surface area contributed by atoms with Crippen LogP contribution in [0.1, 0.15) is 40.4 Å². The van der Waals surface area contributed by atoms with E-state index in [1.807, 2.05) is 19.3 Å². The molecule has 1 unspecified atom stereocenters. The zero-order valence-corrected chi connectivity index (χ0v) is 17.6. The maximum absolute atomic E-state index is 11.2. The Balaban J connectivity index is 1.47. The van der Waals surface area contributed by atoms with E-state index < -0.39 is 5.91 Å². The Labute approximate surface area is 180 Å². The van der Waals surface area contributed by atoms with Crippen molar-refractivity contribution in [3.63, 3.8) is 0 Å². The molecule has 0 spiro atoms. The first-order valence-electron chi connectivity index (χ1n) is 10.2. The average molecular weight is 422 g/mol. The third kappa shape index (κ3) is 4.49. The highest BCUT2D eigenvalue weighted by atomic mass is 16.5. The van der Waals surface area contributed by atoms with Crippen molar-refractivity contribution in [2.24, 2.45) is 12.8 Å². The number of amides is 1. The summed E-state index contributed by atoms with van der Waals surface area (Å²) < 4.78 is 13.0. The van der Waals surface area contributed by atoms with Crippen LogP contribution in [0, 0.1) is 0 Å². The summed E-state index contributed by atoms with van der Waals surface area (Å²) in [7, 11) is 3.53. The van der Waals surface area contributed by atoms with E-state index in [0.29, 0.717) is 29.5 Å². The minimum absolute atomic E-state index is 0.0613. The van der Waals surface area contributed by atoms with Crippen LogP contribution in [0.2, 0.25) is 0 Å². The summed E-state index contributed by atoms with van der Waals surface area (Å²) in [6.07, 6.45) is 4.15. The molecule has 8 nitrogen and oxygen atoms in total. The van der Waals surface area contributed by atoms with Crippen LogP contribution in [0.5, 0.6) is 23.1 Å². The first kappa shape index (κ1) is 20.7. The summed E-state index contributed by atoms with van der Waals surface area (Å²) in [6.45, 7) is 1.66. The van der Waals surface area contributed by atoms with Gasteiger partial charge in [-0.3, -0.25) is 14.4 Å². The number of hydrogen-bond donors (Lipinski definition) is 2. The molecule has 1 aliphatic heterocycles. The van der Waals surface area contributed by atoms with Gasteiger partial charge in [0.25, 0.3) is 0 Å². The topological polar surface area (TPSA) is 103 Å². The minimum Gasteiger partial charge on any atom is -0.504 e. The fourth-order valence-electron chi connectivity index (χ4n) is 4.04. The van der Waals surface area contributed by atoms with Gasteiger partial charge in [-0.2, -0.15) is 0 Å². The smallest absolute Gasteiger partial charge is 0.248 e. The summed E-state index contributed by atoms with van der Waals surface area (Å²) in [5, 5.41) is 14.9. The summed E-state index contributed by atoms with van der Waals surface area (Å²) in [5.41, 5.74) is 7.73. The standard InChI is InChI=1S/C23H26N4O4/c1-26-14-18(23(25-26)30-2)19-4-3-11-27(19)13-15-5-10-21(20(28)12-15)31-17-8-6-16(7-9-17)22(24)29/h5-10,12,14,19,28H,3-4,11,13H2,1-2H3,(H2,24,29). The summed E-state index contributed by atoms with van der Waals surface area (Å²) in [6, 6.07) is 12.1. The number of carbonyl (C=O) groups is 1. The maximum atomic E-state index is 11.2. The van der Waals surface area contributed by atoms with Crippen molar-refractivity contribution in [1.82, 2.24) is 14.7 Å². The molecule has 1 aromatic heterocycles. The van der Waals surface area contributed by atoms with Crippen LogP contribution in [0.25, 0.3) is 0 Å². The normalized spacial score (nSPS) is 16.4. The molecule has 1 aliphatic rings. The van der Waals surface area contributed by atoms with Crippen LogP contribution in [0.4, 0.5) is 0 Å². The number of phenolic OH excluding ortho intramolecular Hbond substituents is 1. The van der Waals surface area contributed by atoms with Gasteiger partial charge in [-0.1, -0.05) is 6.07 Å². The number of likely N-dealkylation sites (tertiary alicyclic amines) is 1. The Morgan fingerprint density at radius 2 is 2.03 bits per heavy atom. The van der Waals surface area contributed by atoms with Crippen molar-refractivity contribution in [2.75, 3.05) is 13.7 Å². The van der Waals surface area contributed by atoms with E-state index in [2.05, 4.69) is 10.00 Å². The van der Waals surface area contributed by atoms with Crippen molar-refractivity contribution < 1.29 is 19.4 Å². The molecule has 0 aliphatic carbocycles. The molecule has 2 heterocycles. The van der Waals surface area contributed by atoms with Crippen LogP contribution in [0.15, 0.2) is 48.7 Å². The second kappa shape index (κ2) is 8.69. The van der Waals surface area contributed by atoms with Gasteiger partial charge in [0.1, 0.15) is 5.75 Å². The predicted octanol–water partition coefficient (Wildman–Crippen LogP) is 3.36. The number of ether oxygens (including phenoxy) is 2. The molecule has 0 bridgehead atoms. The number of aromatic hydroxyl groups is 1. The van der Waals surface area contributed by atoms with Crippen molar-refractivity contribution >= 4 is 5.91 Å². The van der Waals surface area contributed by atoms with E-state index in [1.54, 1.807) is 48.2 Å². The third-order valence-corrected chi connectivity index (χ3v) is 5.51. The van der Waals surface area contributed by atoms with Gasteiger partial charge in [0, 0.05) is 31.4 Å². The Hall–Kier alpha value is -3.52. The molecule has 31 heavy (non-hydrogen) atoms. The van der Waals surface area contributed by atoms with Crippen LogP contribution in [-0.4, -0.2) is 39.3 Å². The minimum atomic E-state index is -0.497. The molecular formula is C23H26N4O4. The molecule has 1 fully saturated rings. The Morgan fingerprint density at radius 3 is 2.71 bits per heavy atom. The van der Waals surface area contributed by atoms with Gasteiger partial charge in [-0.05, 0) is 61.3 Å². The van der Waals surface area contributed by atoms with E-state index in [9.17, 15) is 9.90 Å². The zero-order chi connectivity index (χ0) is 22.0. The molecule has 0 radical (unpaired) electrons. The number of nitrogens with two attached hydrogens (primary N) is 1. The molecule has 1 atom stereocenters. The van der Waals surface area contributed by atoms with Crippen molar-refractivity contribution in [2.45, 2.75) is 25.4 Å². The SMILES string of the molecule is COc1nn(C)cc1C1CCCN1Cc1ccc(Oc2ccc(C(N)=O)cc2)c(O)c1. The predicted molar refractivity (Wildman–Crippen MR) is 115 cm³/mol. The molecule has 8 heteroatoms. The number of nitrogens with zero attached hydrogens (tertiary/aromatic N) is 3. The van der Waals surface area contributed by atoms with E-state index in [-0.39, 0.29) is 11.8 Å². The summed E-state index contributed by atoms with van der Waals surface area (Å²) >= 11 is 0. The van der Waals surface area contributed by atoms with Crippen LogP contribution in [0.3, 0.4) is 0 Å². The number of carbonyl (C=O) groups excluding carboxylic acids is 1. The fourth-order valence-corrected chi connectivity index (χ4v) is 4.04. The molecule has 3 aromatic rings. The largest absolute Gasteiger partial charge is 0.504 e. The molecule has 2 aromatic carbocycles. The fraction of sp³-hybridized carbons (Fsp3) is 0.304. The molecule has 1 amide bonds. The van der Waals surface area contributed by atoms with Crippen molar-refractivity contribution in [1.29, 1.82) is 0 Å². The first-order valence-corrected chi connectivity index (χ1v) is 10.2. The summed E-state index contributed by atoms with van der Waals surface area (Å²) in [4.78, 5) is 13.6. The van der Waals surface area contributed by atoms with Gasteiger partial charge in [0.2, 0.25) is 11.8 Å². The monoisotopic (exact) mass is 422 g/mol. The van der Waals surface area contributed by atoms with E-state index in [4.69, 9.17) is 15.2 Å². The van der Waals surface area contributed by atoms with Crippen LogP contribution >= 0.6 is 0 Å². The number of phenols is 1. The average Bonchev–Trinajstić information content (AvgIpc) is 3.36. The number of benzene rings is 2. The molecule has 0 saturated carbocycles. The highest BCUT2D eigenvalue weighted by molar-refractivity contribution is 5.92. The second-order valence-corrected chi connectivity index (χ2v) is 7.69. The highest BCUT2D eigenvalue weighted by Crippen LogP contribution is 2.38. The Bertz CT molecular complexity index is 1080. The first-order chi connectivity index (χ1) is 14.9. The Morgan fingerprint density at radius 1 is 1.26 bits per heavy atom. The number of aryl methyl sites for hydroxylation is 1. The zero-order valence-electron chi connectivity index (χ0n) is 17.6. The lowest BCUT2D eigenvalue weighted by Gasteiger charge is -2.24. The highest BCUT2D eigenvalue weighted by Gasteiger charge is 2.30. The number of methoxy groups -OCH3 is 1. The van der Waals surface area contributed by atoms with Gasteiger partial charge >= 0.3 is 0 Å². The van der Waals surface area contributed by atoms with Gasteiger partial charge in [0.05, 0.1) is 12.7 Å². The molecular weight excluding hydrogens is 396 g/mol. The lowest BCUT2D eigenvalue weighted by Crippen LogP contribution is -2.22. The second-order valence-electron chi connectivity index (χ2n) is 7.69. The summed E-state index contributed by atoms with van der Waals surface area (Å²) in [5.74, 6) is 1.08. The molecule has 3 N–H and O–H groups in total. The number of aromatic nitrogens is 2. The van der Waals surface area contributed by atoms with E-state index in [1.165, 1.54) is 0 Å². The van der Waals surface area contributed by atoms with Gasteiger partial charge in [-0.15, -0.1) is 5.10 Å². The van der Waals surface area contributed by atoms with Gasteiger partial charge in [-0.25, -0.2) is 0 Å². The maximum Gasteiger partial charge on any atom is 0.248 e. The van der Waals surface area contributed by atoms with Gasteiger partial charge in [0.15, 0.2) is 11.5 Å². The van der Waals surface area contributed by atoms with Crippen LogP contribution < -0.4 is 15.2 Å². The number of rotatable bonds is 7. The molecule has 4 rings (SSSR count). The van der Waals surface area contributed by atoms with Crippen molar-refractivity contribution in [3.05, 3.63) is 65.4 Å². The Kier molecular flexibility index (Phi) is 5.81. The van der Waals surface area contributed by atoms with Crippen molar-refractivity contribution in [3.8, 4) is 23.1 Å². The number of primary amides is 1. The molecule has 1 saturated heterocycles. The molecule has 162 valence electrons. The lowest BCUT2D eigenvalue weighted by molar-refractivity contribution is 0.100. The third-order valence-electron chi connectivity index (χ3n) is 5.51. The van der Waals surface area contributed by atoms with E-state index in [0.717, 1.165) is 30.5 Å². The quantitative estimate of drug-likeness (QED) is 0.605.